The molecule has 0 aliphatic carbocycles. The highest BCUT2D eigenvalue weighted by Gasteiger charge is 2.29. The van der Waals surface area contributed by atoms with Crippen LogP contribution < -0.4 is 0 Å². The molecule has 0 radical (unpaired) electrons. The number of aromatic nitrogens is 2. The van der Waals surface area contributed by atoms with Crippen molar-refractivity contribution in [1.29, 1.82) is 0 Å². The summed E-state index contributed by atoms with van der Waals surface area (Å²) in [6.45, 7) is 3.68. The second-order valence-electron chi connectivity index (χ2n) is 8.59. The molecule has 2 amide bonds. The lowest BCUT2D eigenvalue weighted by atomic mass is 10.0. The molecule has 0 bridgehead atoms. The lowest BCUT2D eigenvalue weighted by Crippen LogP contribution is -2.50. The molecular weight excluding hydrogens is 460 g/mol. The molecular formula is C27H22N4O3S. The Morgan fingerprint density at radius 2 is 1.60 bits per heavy atom. The number of fused-ring (bicyclic) bond motifs is 2. The van der Waals surface area contributed by atoms with Crippen molar-refractivity contribution in [2.45, 2.75) is 6.92 Å². The fraction of sp³-hybridized carbons (Fsp3) is 0.185. The van der Waals surface area contributed by atoms with E-state index in [-0.39, 0.29) is 11.8 Å². The largest absolute Gasteiger partial charge is 0.335 e. The molecule has 174 valence electrons. The fourth-order valence-electron chi connectivity index (χ4n) is 4.68. The molecule has 4 heterocycles. The zero-order valence-corrected chi connectivity index (χ0v) is 19.9. The van der Waals surface area contributed by atoms with Crippen LogP contribution in [0.3, 0.4) is 0 Å². The first kappa shape index (κ1) is 21.5. The summed E-state index contributed by atoms with van der Waals surface area (Å²) in [5.74, 6) is -0.103. The Balaban J connectivity index is 1.25. The maximum absolute atomic E-state index is 13.6. The molecule has 1 aliphatic heterocycles. The molecule has 0 atom stereocenters. The van der Waals surface area contributed by atoms with Crippen molar-refractivity contribution in [3.8, 4) is 10.6 Å². The standard InChI is InChI=1S/C27H22N4O3S/c1-17-24-21(16-22(23-10-5-15-35-23)28-25(24)34-29-17)27(33)31-13-11-30(12-14-31)26(32)20-9-4-7-18-6-2-3-8-19(18)20/h2-10,15-16H,11-14H2,1H3. The van der Waals surface area contributed by atoms with E-state index in [9.17, 15) is 9.59 Å². The van der Waals surface area contributed by atoms with Gasteiger partial charge in [0.05, 0.1) is 27.2 Å². The molecule has 5 aromatic rings. The monoisotopic (exact) mass is 482 g/mol. The Labute approximate surface area is 205 Å². The summed E-state index contributed by atoms with van der Waals surface area (Å²) < 4.78 is 5.42. The molecule has 0 unspecified atom stereocenters. The van der Waals surface area contributed by atoms with Gasteiger partial charge in [0.25, 0.3) is 17.5 Å². The third kappa shape index (κ3) is 3.76. The van der Waals surface area contributed by atoms with Gasteiger partial charge >= 0.3 is 0 Å². The number of rotatable bonds is 3. The van der Waals surface area contributed by atoms with E-state index in [1.54, 1.807) is 16.2 Å². The zero-order chi connectivity index (χ0) is 23.9. The summed E-state index contributed by atoms with van der Waals surface area (Å²) in [4.78, 5) is 36.1. The number of pyridine rings is 1. The second-order valence-corrected chi connectivity index (χ2v) is 9.54. The third-order valence-electron chi connectivity index (χ3n) is 6.50. The van der Waals surface area contributed by atoms with Crippen LogP contribution in [0.2, 0.25) is 0 Å². The first-order valence-corrected chi connectivity index (χ1v) is 12.4. The molecule has 1 fully saturated rings. The number of piperazine rings is 1. The Hall–Kier alpha value is -4.04. The van der Waals surface area contributed by atoms with E-state index in [1.807, 2.05) is 77.9 Å². The normalized spacial score (nSPS) is 14.1. The highest BCUT2D eigenvalue weighted by molar-refractivity contribution is 7.13. The van der Waals surface area contributed by atoms with E-state index >= 15 is 0 Å². The lowest BCUT2D eigenvalue weighted by Gasteiger charge is -2.35. The number of carbonyl (C=O) groups excluding carboxylic acids is 2. The van der Waals surface area contributed by atoms with Gasteiger partial charge in [-0.1, -0.05) is 47.6 Å². The molecule has 6 rings (SSSR count). The van der Waals surface area contributed by atoms with E-state index in [2.05, 4.69) is 10.1 Å². The van der Waals surface area contributed by atoms with E-state index in [0.717, 1.165) is 15.6 Å². The van der Waals surface area contributed by atoms with Gasteiger partial charge in [0.1, 0.15) is 0 Å². The van der Waals surface area contributed by atoms with E-state index < -0.39 is 0 Å². The van der Waals surface area contributed by atoms with Crippen LogP contribution in [0.15, 0.2) is 70.6 Å². The SMILES string of the molecule is Cc1noc2nc(-c3cccs3)cc(C(=O)N3CCN(C(=O)c4cccc5ccccc45)CC3)c12. The molecule has 0 N–H and O–H groups in total. The molecule has 0 saturated carbocycles. The summed E-state index contributed by atoms with van der Waals surface area (Å²) >= 11 is 1.56. The number of aryl methyl sites for hydroxylation is 1. The minimum atomic E-state index is -0.0984. The van der Waals surface area contributed by atoms with Crippen LogP contribution >= 0.6 is 11.3 Å². The number of amides is 2. The van der Waals surface area contributed by atoms with Crippen LogP contribution in [0.5, 0.6) is 0 Å². The van der Waals surface area contributed by atoms with Gasteiger partial charge in [0.2, 0.25) is 0 Å². The highest BCUT2D eigenvalue weighted by atomic mass is 32.1. The Kier molecular flexibility index (Phi) is 5.30. The number of hydrogen-bond donors (Lipinski definition) is 0. The smallest absolute Gasteiger partial charge is 0.259 e. The van der Waals surface area contributed by atoms with Crippen LogP contribution in [0, 0.1) is 6.92 Å². The predicted octanol–water partition coefficient (Wildman–Crippen LogP) is 5.01. The molecule has 0 spiro atoms. The van der Waals surface area contributed by atoms with Gasteiger partial charge in [0.15, 0.2) is 0 Å². The molecule has 7 nitrogen and oxygen atoms in total. The van der Waals surface area contributed by atoms with Crippen molar-refractivity contribution in [1.82, 2.24) is 19.9 Å². The topological polar surface area (TPSA) is 79.5 Å². The van der Waals surface area contributed by atoms with Gasteiger partial charge in [-0.15, -0.1) is 11.3 Å². The Bertz CT molecular complexity index is 1560. The van der Waals surface area contributed by atoms with Crippen molar-refractivity contribution in [2.24, 2.45) is 0 Å². The van der Waals surface area contributed by atoms with Crippen LogP contribution in [-0.4, -0.2) is 57.9 Å². The maximum atomic E-state index is 13.6. The molecule has 1 saturated heterocycles. The average Bonchev–Trinajstić information content (AvgIpc) is 3.58. The van der Waals surface area contributed by atoms with Crippen LogP contribution in [-0.2, 0) is 0 Å². The molecule has 1 aliphatic rings. The maximum Gasteiger partial charge on any atom is 0.259 e. The summed E-state index contributed by atoms with van der Waals surface area (Å²) in [5, 5.41) is 8.65. The Morgan fingerprint density at radius 1 is 0.886 bits per heavy atom. The van der Waals surface area contributed by atoms with Crippen LogP contribution in [0.25, 0.3) is 32.4 Å². The summed E-state index contributed by atoms with van der Waals surface area (Å²) in [6.07, 6.45) is 0. The number of thiophene rings is 1. The van der Waals surface area contributed by atoms with Gasteiger partial charge in [-0.25, -0.2) is 4.98 Å². The summed E-state index contributed by atoms with van der Waals surface area (Å²) in [7, 11) is 0. The zero-order valence-electron chi connectivity index (χ0n) is 19.1. The third-order valence-corrected chi connectivity index (χ3v) is 7.39. The van der Waals surface area contributed by atoms with Crippen LogP contribution in [0.4, 0.5) is 0 Å². The van der Waals surface area contributed by atoms with Crippen molar-refractivity contribution in [3.63, 3.8) is 0 Å². The summed E-state index contributed by atoms with van der Waals surface area (Å²) in [6, 6.07) is 19.4. The van der Waals surface area contributed by atoms with E-state index in [4.69, 9.17) is 4.52 Å². The molecule has 3 aromatic heterocycles. The van der Waals surface area contributed by atoms with Crippen molar-refractivity contribution >= 4 is 45.0 Å². The number of nitrogens with zero attached hydrogens (tertiary/aromatic N) is 4. The fourth-order valence-corrected chi connectivity index (χ4v) is 5.37. The molecule has 2 aromatic carbocycles. The van der Waals surface area contributed by atoms with Crippen molar-refractivity contribution in [2.75, 3.05) is 26.2 Å². The molecule has 35 heavy (non-hydrogen) atoms. The number of carbonyl (C=O) groups is 2. The second kappa shape index (κ2) is 8.63. The average molecular weight is 483 g/mol. The minimum absolute atomic E-state index is 0.00457. The lowest BCUT2D eigenvalue weighted by molar-refractivity contribution is 0.0537. The minimum Gasteiger partial charge on any atom is -0.335 e. The number of benzene rings is 2. The first-order chi connectivity index (χ1) is 17.1. The Morgan fingerprint density at radius 3 is 2.34 bits per heavy atom. The van der Waals surface area contributed by atoms with E-state index in [0.29, 0.717) is 59.8 Å². The summed E-state index contributed by atoms with van der Waals surface area (Å²) in [5.41, 5.74) is 2.92. The predicted molar refractivity (Wildman–Crippen MR) is 136 cm³/mol. The first-order valence-electron chi connectivity index (χ1n) is 11.5. The quantitative estimate of drug-likeness (QED) is 0.361. The van der Waals surface area contributed by atoms with Gasteiger partial charge < -0.3 is 14.3 Å². The van der Waals surface area contributed by atoms with Gasteiger partial charge in [0, 0.05) is 31.7 Å². The van der Waals surface area contributed by atoms with Gasteiger partial charge in [-0.3, -0.25) is 9.59 Å². The van der Waals surface area contributed by atoms with E-state index in [1.165, 1.54) is 0 Å². The molecule has 8 heteroatoms. The van der Waals surface area contributed by atoms with Crippen molar-refractivity contribution in [3.05, 3.63) is 82.9 Å². The van der Waals surface area contributed by atoms with Crippen molar-refractivity contribution < 1.29 is 14.1 Å². The van der Waals surface area contributed by atoms with Gasteiger partial charge in [-0.2, -0.15) is 0 Å². The highest BCUT2D eigenvalue weighted by Crippen LogP contribution is 2.30. The van der Waals surface area contributed by atoms with Gasteiger partial charge in [-0.05, 0) is 41.3 Å². The number of hydrogen-bond acceptors (Lipinski definition) is 6. The van der Waals surface area contributed by atoms with Crippen LogP contribution in [0.1, 0.15) is 26.4 Å².